The first-order valence-electron chi connectivity index (χ1n) is 4.88. The average molecular weight is 271 g/mol. The first-order chi connectivity index (χ1) is 7.15. The summed E-state index contributed by atoms with van der Waals surface area (Å²) < 4.78 is 6.30. The van der Waals surface area contributed by atoms with Gasteiger partial charge in [-0.15, -0.1) is 0 Å². The Balaban J connectivity index is 2.81. The van der Waals surface area contributed by atoms with Crippen molar-refractivity contribution in [3.05, 3.63) is 40.9 Å². The summed E-state index contributed by atoms with van der Waals surface area (Å²) in [6.45, 7) is 6.04. The van der Waals surface area contributed by atoms with Gasteiger partial charge in [-0.3, -0.25) is 0 Å². The molecule has 82 valence electrons. The smallest absolute Gasteiger partial charge is 0.125 e. The van der Waals surface area contributed by atoms with Gasteiger partial charge >= 0.3 is 0 Å². The fraction of sp³-hybridized carbons (Fsp3) is 0.333. The minimum Gasteiger partial charge on any atom is -0.488 e. The molecule has 0 radical (unpaired) electrons. The van der Waals surface area contributed by atoms with Crippen LogP contribution in [0.4, 0.5) is 0 Å². The van der Waals surface area contributed by atoms with Crippen LogP contribution < -0.4 is 4.74 Å². The first kappa shape index (κ1) is 12.3. The van der Waals surface area contributed by atoms with E-state index >= 15 is 0 Å². The lowest BCUT2D eigenvalue weighted by Crippen LogP contribution is -2.03. The van der Waals surface area contributed by atoms with Gasteiger partial charge in [-0.05, 0) is 12.5 Å². The molecule has 2 nitrogen and oxygen atoms in total. The highest BCUT2D eigenvalue weighted by atomic mass is 79.9. The lowest BCUT2D eigenvalue weighted by molar-refractivity contribution is 0.168. The van der Waals surface area contributed by atoms with Gasteiger partial charge in [-0.2, -0.15) is 0 Å². The second-order valence-corrected chi connectivity index (χ2v) is 4.39. The van der Waals surface area contributed by atoms with Crippen molar-refractivity contribution >= 4 is 15.9 Å². The maximum Gasteiger partial charge on any atom is 0.125 e. The molecule has 1 atom stereocenters. The molecule has 0 aliphatic rings. The molecule has 1 rings (SSSR count). The lowest BCUT2D eigenvalue weighted by atomic mass is 10.1. The highest BCUT2D eigenvalue weighted by Crippen LogP contribution is 2.27. The van der Waals surface area contributed by atoms with Gasteiger partial charge in [-0.25, -0.2) is 0 Å². The Labute approximate surface area is 98.7 Å². The largest absolute Gasteiger partial charge is 0.488 e. The molecule has 0 saturated carbocycles. The van der Waals surface area contributed by atoms with Gasteiger partial charge in [0.05, 0.1) is 6.10 Å². The van der Waals surface area contributed by atoms with Gasteiger partial charge in [0.1, 0.15) is 12.4 Å². The van der Waals surface area contributed by atoms with Gasteiger partial charge in [0, 0.05) is 10.0 Å². The maximum atomic E-state index is 9.76. The van der Waals surface area contributed by atoms with Crippen molar-refractivity contribution in [3.8, 4) is 5.75 Å². The Hall–Kier alpha value is -0.800. The number of halogens is 1. The minimum absolute atomic E-state index is 0.410. The second-order valence-electron chi connectivity index (χ2n) is 3.27. The Morgan fingerprint density at radius 3 is 2.80 bits per heavy atom. The molecular formula is C12H15BrO2. The van der Waals surface area contributed by atoms with E-state index in [0.717, 1.165) is 10.0 Å². The van der Waals surface area contributed by atoms with Crippen molar-refractivity contribution in [2.24, 2.45) is 0 Å². The lowest BCUT2D eigenvalue weighted by Gasteiger charge is -2.14. The predicted octanol–water partition coefficient (Wildman–Crippen LogP) is 3.42. The van der Waals surface area contributed by atoms with E-state index in [1.165, 1.54) is 0 Å². The van der Waals surface area contributed by atoms with Crippen molar-refractivity contribution < 1.29 is 9.84 Å². The van der Waals surface area contributed by atoms with Crippen LogP contribution in [0.15, 0.2) is 35.3 Å². The molecule has 0 aromatic heterocycles. The summed E-state index contributed by atoms with van der Waals surface area (Å²) in [7, 11) is 0. The first-order valence-corrected chi connectivity index (χ1v) is 5.67. The summed E-state index contributed by atoms with van der Waals surface area (Å²) in [6, 6.07) is 7.51. The van der Waals surface area contributed by atoms with Gasteiger partial charge in [0.25, 0.3) is 0 Å². The third-order valence-corrected chi connectivity index (χ3v) is 2.28. The highest BCUT2D eigenvalue weighted by molar-refractivity contribution is 9.11. The Bertz CT molecular complexity index is 336. The SMILES string of the molecule is C=C(Br)COc1ccccc1[C@H](O)CC. The molecule has 0 heterocycles. The Kier molecular flexibility index (Phi) is 4.85. The molecule has 1 N–H and O–H groups in total. The summed E-state index contributed by atoms with van der Waals surface area (Å²) in [4.78, 5) is 0. The van der Waals surface area contributed by atoms with E-state index in [2.05, 4.69) is 22.5 Å². The van der Waals surface area contributed by atoms with Gasteiger partial charge in [0.2, 0.25) is 0 Å². The van der Waals surface area contributed by atoms with Gasteiger partial charge < -0.3 is 9.84 Å². The van der Waals surface area contributed by atoms with Crippen LogP contribution in [0.5, 0.6) is 5.75 Å². The molecule has 0 aliphatic carbocycles. The van der Waals surface area contributed by atoms with E-state index in [4.69, 9.17) is 4.74 Å². The van der Waals surface area contributed by atoms with Crippen molar-refractivity contribution in [3.63, 3.8) is 0 Å². The maximum absolute atomic E-state index is 9.76. The predicted molar refractivity (Wildman–Crippen MR) is 65.3 cm³/mol. The Morgan fingerprint density at radius 2 is 2.20 bits per heavy atom. The molecule has 0 amide bonds. The van der Waals surface area contributed by atoms with Gasteiger partial charge in [0.15, 0.2) is 0 Å². The summed E-state index contributed by atoms with van der Waals surface area (Å²) in [6.07, 6.45) is 0.208. The van der Waals surface area contributed by atoms with Crippen molar-refractivity contribution in [1.29, 1.82) is 0 Å². The fourth-order valence-corrected chi connectivity index (χ4v) is 1.38. The van der Waals surface area contributed by atoms with Crippen molar-refractivity contribution in [2.45, 2.75) is 19.4 Å². The van der Waals surface area contributed by atoms with Crippen LogP contribution in [0, 0.1) is 0 Å². The molecule has 0 saturated heterocycles. The standard InChI is InChI=1S/C12H15BrO2/c1-3-11(14)10-6-4-5-7-12(10)15-8-9(2)13/h4-7,11,14H,2-3,8H2,1H3/t11-/m1/s1. The van der Waals surface area contributed by atoms with Crippen molar-refractivity contribution in [2.75, 3.05) is 6.61 Å². The zero-order valence-corrected chi connectivity index (χ0v) is 10.3. The zero-order valence-electron chi connectivity index (χ0n) is 8.74. The molecule has 15 heavy (non-hydrogen) atoms. The van der Waals surface area contributed by atoms with Crippen LogP contribution >= 0.6 is 15.9 Å². The molecule has 3 heteroatoms. The average Bonchev–Trinajstić information content (AvgIpc) is 2.25. The quantitative estimate of drug-likeness (QED) is 0.889. The number of hydrogen-bond acceptors (Lipinski definition) is 2. The molecule has 1 aromatic carbocycles. The van der Waals surface area contributed by atoms with E-state index in [0.29, 0.717) is 18.8 Å². The summed E-state index contributed by atoms with van der Waals surface area (Å²) in [5.41, 5.74) is 0.828. The number of benzene rings is 1. The van der Waals surface area contributed by atoms with E-state index in [1.807, 2.05) is 31.2 Å². The summed E-state index contributed by atoms with van der Waals surface area (Å²) >= 11 is 3.23. The molecule has 0 aliphatic heterocycles. The molecular weight excluding hydrogens is 256 g/mol. The van der Waals surface area contributed by atoms with Crippen LogP contribution in [-0.2, 0) is 0 Å². The van der Waals surface area contributed by atoms with E-state index < -0.39 is 6.10 Å². The topological polar surface area (TPSA) is 29.5 Å². The van der Waals surface area contributed by atoms with E-state index in [-0.39, 0.29) is 0 Å². The second kappa shape index (κ2) is 5.93. The monoisotopic (exact) mass is 270 g/mol. The summed E-state index contributed by atoms with van der Waals surface area (Å²) in [5.74, 6) is 0.715. The van der Waals surface area contributed by atoms with Crippen LogP contribution in [0.25, 0.3) is 0 Å². The normalized spacial score (nSPS) is 12.2. The molecule has 0 bridgehead atoms. The third kappa shape index (κ3) is 3.68. The van der Waals surface area contributed by atoms with Gasteiger partial charge in [-0.1, -0.05) is 47.6 Å². The Morgan fingerprint density at radius 1 is 1.53 bits per heavy atom. The summed E-state index contributed by atoms with van der Waals surface area (Å²) in [5, 5.41) is 9.76. The van der Waals surface area contributed by atoms with Crippen LogP contribution in [-0.4, -0.2) is 11.7 Å². The van der Waals surface area contributed by atoms with E-state index in [1.54, 1.807) is 0 Å². The van der Waals surface area contributed by atoms with Crippen LogP contribution in [0.1, 0.15) is 25.0 Å². The number of aliphatic hydroxyl groups is 1. The van der Waals surface area contributed by atoms with Crippen molar-refractivity contribution in [1.82, 2.24) is 0 Å². The molecule has 0 fully saturated rings. The number of hydrogen-bond donors (Lipinski definition) is 1. The van der Waals surface area contributed by atoms with E-state index in [9.17, 15) is 5.11 Å². The molecule has 0 unspecified atom stereocenters. The number of aliphatic hydroxyl groups excluding tert-OH is 1. The highest BCUT2D eigenvalue weighted by Gasteiger charge is 2.10. The zero-order chi connectivity index (χ0) is 11.3. The number of para-hydroxylation sites is 1. The molecule has 1 aromatic rings. The van der Waals surface area contributed by atoms with Crippen LogP contribution in [0.3, 0.4) is 0 Å². The third-order valence-electron chi connectivity index (χ3n) is 2.05. The minimum atomic E-state index is -0.468. The number of ether oxygens (including phenoxy) is 1. The van der Waals surface area contributed by atoms with Crippen LogP contribution in [0.2, 0.25) is 0 Å². The fourth-order valence-electron chi connectivity index (χ4n) is 1.26. The molecule has 0 spiro atoms. The number of rotatable bonds is 5.